The van der Waals surface area contributed by atoms with Crippen LogP contribution >= 0.6 is 0 Å². The highest BCUT2D eigenvalue weighted by Crippen LogP contribution is 2.32. The predicted octanol–water partition coefficient (Wildman–Crippen LogP) is 1.76. The standard InChI is InChI=1S/C20H25N3O4S/c1-13-9-19(24)22-18-7-6-16(10-17(13)18)28(26,27)21-11-14-3-2-8-23(12-14)20(25)15-4-5-15/h6-7,9-10,14-15,21H,2-5,8,11-12H2,1H3,(H,22,24)/t14-/m1/s1. The highest BCUT2D eigenvalue weighted by Gasteiger charge is 2.35. The van der Waals surface area contributed by atoms with Crippen molar-refractivity contribution < 1.29 is 13.2 Å². The molecule has 2 fully saturated rings. The third-order valence-electron chi connectivity index (χ3n) is 5.65. The van der Waals surface area contributed by atoms with Crippen LogP contribution in [0.5, 0.6) is 0 Å². The van der Waals surface area contributed by atoms with Gasteiger partial charge in [0, 0.05) is 42.5 Å². The van der Waals surface area contributed by atoms with Crippen molar-refractivity contribution >= 4 is 26.8 Å². The molecule has 8 heteroatoms. The fourth-order valence-corrected chi connectivity index (χ4v) is 5.04. The number of nitrogens with one attached hydrogen (secondary N) is 2. The normalized spacial score (nSPS) is 20.5. The summed E-state index contributed by atoms with van der Waals surface area (Å²) in [5.74, 6) is 0.555. The fourth-order valence-electron chi connectivity index (χ4n) is 3.90. The van der Waals surface area contributed by atoms with Gasteiger partial charge in [-0.3, -0.25) is 9.59 Å². The number of H-pyrrole nitrogens is 1. The largest absolute Gasteiger partial charge is 0.342 e. The van der Waals surface area contributed by atoms with Crippen LogP contribution in [0.25, 0.3) is 10.9 Å². The molecule has 1 atom stereocenters. The van der Waals surface area contributed by atoms with E-state index < -0.39 is 10.0 Å². The summed E-state index contributed by atoms with van der Waals surface area (Å²) in [5.41, 5.74) is 1.14. The van der Waals surface area contributed by atoms with Crippen LogP contribution in [0.4, 0.5) is 0 Å². The van der Waals surface area contributed by atoms with Crippen molar-refractivity contribution in [1.82, 2.24) is 14.6 Å². The SMILES string of the molecule is Cc1cc(=O)[nH]c2ccc(S(=O)(=O)NC[C@H]3CCCN(C(=O)C4CC4)C3)cc12. The number of nitrogens with zero attached hydrogens (tertiary/aromatic N) is 1. The number of pyridine rings is 1. The number of hydrogen-bond acceptors (Lipinski definition) is 4. The van der Waals surface area contributed by atoms with E-state index in [0.717, 1.165) is 37.8 Å². The van der Waals surface area contributed by atoms with Gasteiger partial charge >= 0.3 is 0 Å². The van der Waals surface area contributed by atoms with E-state index in [2.05, 4.69) is 9.71 Å². The molecule has 0 spiro atoms. The van der Waals surface area contributed by atoms with Crippen LogP contribution in [0, 0.1) is 18.8 Å². The molecule has 2 heterocycles. The van der Waals surface area contributed by atoms with Gasteiger partial charge in [0.15, 0.2) is 0 Å². The van der Waals surface area contributed by atoms with E-state index >= 15 is 0 Å². The maximum absolute atomic E-state index is 12.8. The van der Waals surface area contributed by atoms with Crippen LogP contribution in [-0.4, -0.2) is 43.8 Å². The molecule has 0 unspecified atom stereocenters. The van der Waals surface area contributed by atoms with Crippen LogP contribution in [0.15, 0.2) is 34.0 Å². The van der Waals surface area contributed by atoms with Crippen LogP contribution in [-0.2, 0) is 14.8 Å². The summed E-state index contributed by atoms with van der Waals surface area (Å²) in [6.07, 6.45) is 3.79. The number of hydrogen-bond donors (Lipinski definition) is 2. The molecular weight excluding hydrogens is 378 g/mol. The molecule has 1 aromatic heterocycles. The molecule has 0 bridgehead atoms. The molecule has 28 heavy (non-hydrogen) atoms. The summed E-state index contributed by atoms with van der Waals surface area (Å²) in [5, 5.41) is 0.710. The number of aryl methyl sites for hydroxylation is 1. The van der Waals surface area contributed by atoms with Crippen LogP contribution in [0.3, 0.4) is 0 Å². The summed E-state index contributed by atoms with van der Waals surface area (Å²) in [4.78, 5) is 28.6. The second-order valence-electron chi connectivity index (χ2n) is 7.94. The predicted molar refractivity (Wildman–Crippen MR) is 107 cm³/mol. The third kappa shape index (κ3) is 3.98. The van der Waals surface area contributed by atoms with Gasteiger partial charge in [-0.05, 0) is 62.3 Å². The average Bonchev–Trinajstić information content (AvgIpc) is 3.51. The maximum atomic E-state index is 12.8. The highest BCUT2D eigenvalue weighted by atomic mass is 32.2. The lowest BCUT2D eigenvalue weighted by molar-refractivity contribution is -0.134. The van der Waals surface area contributed by atoms with Gasteiger partial charge in [0.25, 0.3) is 0 Å². The van der Waals surface area contributed by atoms with Gasteiger partial charge in [0.1, 0.15) is 0 Å². The van der Waals surface area contributed by atoms with E-state index in [-0.39, 0.29) is 28.2 Å². The number of fused-ring (bicyclic) bond motifs is 1. The van der Waals surface area contributed by atoms with Crippen molar-refractivity contribution in [3.63, 3.8) is 0 Å². The van der Waals surface area contributed by atoms with Crippen molar-refractivity contribution in [3.8, 4) is 0 Å². The minimum Gasteiger partial charge on any atom is -0.342 e. The molecule has 150 valence electrons. The van der Waals surface area contributed by atoms with E-state index in [1.165, 1.54) is 12.1 Å². The molecule has 1 amide bonds. The van der Waals surface area contributed by atoms with Gasteiger partial charge in [-0.15, -0.1) is 0 Å². The van der Waals surface area contributed by atoms with E-state index in [1.54, 1.807) is 19.1 Å². The third-order valence-corrected chi connectivity index (χ3v) is 7.07. The van der Waals surface area contributed by atoms with Gasteiger partial charge in [-0.2, -0.15) is 0 Å². The summed E-state index contributed by atoms with van der Waals surface area (Å²) in [6.45, 7) is 3.50. The van der Waals surface area contributed by atoms with Crippen LogP contribution in [0.2, 0.25) is 0 Å². The monoisotopic (exact) mass is 403 g/mol. The van der Waals surface area contributed by atoms with E-state index in [4.69, 9.17) is 0 Å². The number of carbonyl (C=O) groups is 1. The minimum absolute atomic E-state index is 0.129. The molecule has 1 aliphatic carbocycles. The van der Waals surface area contributed by atoms with Crippen LogP contribution in [0.1, 0.15) is 31.2 Å². The number of sulfonamides is 1. The molecule has 1 saturated carbocycles. The highest BCUT2D eigenvalue weighted by molar-refractivity contribution is 7.89. The zero-order valence-corrected chi connectivity index (χ0v) is 16.7. The number of piperidine rings is 1. The Bertz CT molecular complexity index is 1070. The van der Waals surface area contributed by atoms with Gasteiger partial charge in [0.2, 0.25) is 21.5 Å². The first-order chi connectivity index (χ1) is 13.3. The smallest absolute Gasteiger partial charge is 0.248 e. The topological polar surface area (TPSA) is 99.3 Å². The Morgan fingerprint density at radius 3 is 2.79 bits per heavy atom. The molecule has 1 aromatic carbocycles. The van der Waals surface area contributed by atoms with Gasteiger partial charge in [-0.25, -0.2) is 13.1 Å². The van der Waals surface area contributed by atoms with Crippen LogP contribution < -0.4 is 10.3 Å². The zero-order chi connectivity index (χ0) is 19.9. The fraction of sp³-hybridized carbons (Fsp3) is 0.500. The van der Waals surface area contributed by atoms with Gasteiger partial charge < -0.3 is 9.88 Å². The summed E-state index contributed by atoms with van der Waals surface area (Å²) in [7, 11) is -3.67. The second kappa shape index (κ2) is 7.33. The zero-order valence-electron chi connectivity index (χ0n) is 15.9. The number of carbonyl (C=O) groups excluding carboxylic acids is 1. The minimum atomic E-state index is -3.67. The Hall–Kier alpha value is -2.19. The Kier molecular flexibility index (Phi) is 5.01. The average molecular weight is 404 g/mol. The first kappa shape index (κ1) is 19.1. The van der Waals surface area contributed by atoms with Crippen molar-refractivity contribution in [2.24, 2.45) is 11.8 Å². The molecule has 1 aliphatic heterocycles. The first-order valence-electron chi connectivity index (χ1n) is 9.75. The summed E-state index contributed by atoms with van der Waals surface area (Å²) in [6, 6.07) is 6.17. The lowest BCUT2D eigenvalue weighted by atomic mass is 9.98. The molecule has 1 saturated heterocycles. The number of benzene rings is 1. The Labute approximate surface area is 164 Å². The summed E-state index contributed by atoms with van der Waals surface area (Å²) >= 11 is 0. The molecular formula is C20H25N3O4S. The van der Waals surface area contributed by atoms with Crippen molar-refractivity contribution in [2.75, 3.05) is 19.6 Å². The lowest BCUT2D eigenvalue weighted by Crippen LogP contribution is -2.44. The number of aromatic amines is 1. The molecule has 2 aromatic rings. The number of rotatable bonds is 5. The van der Waals surface area contributed by atoms with Crippen molar-refractivity contribution in [2.45, 2.75) is 37.5 Å². The van der Waals surface area contributed by atoms with E-state index in [9.17, 15) is 18.0 Å². The van der Waals surface area contributed by atoms with Crippen molar-refractivity contribution in [1.29, 1.82) is 0 Å². The Morgan fingerprint density at radius 2 is 2.04 bits per heavy atom. The number of likely N-dealkylation sites (tertiary alicyclic amines) is 1. The molecule has 7 nitrogen and oxygen atoms in total. The maximum Gasteiger partial charge on any atom is 0.248 e. The van der Waals surface area contributed by atoms with E-state index in [1.807, 2.05) is 4.90 Å². The second-order valence-corrected chi connectivity index (χ2v) is 9.71. The molecule has 2 N–H and O–H groups in total. The van der Waals surface area contributed by atoms with Gasteiger partial charge in [-0.1, -0.05) is 0 Å². The van der Waals surface area contributed by atoms with E-state index in [0.29, 0.717) is 24.0 Å². The quantitative estimate of drug-likeness (QED) is 0.795. The lowest BCUT2D eigenvalue weighted by Gasteiger charge is -2.33. The Morgan fingerprint density at radius 1 is 1.25 bits per heavy atom. The summed E-state index contributed by atoms with van der Waals surface area (Å²) < 4.78 is 28.2. The van der Waals surface area contributed by atoms with Gasteiger partial charge in [0.05, 0.1) is 4.90 Å². The Balaban J connectivity index is 1.46. The molecule has 0 radical (unpaired) electrons. The molecule has 2 aliphatic rings. The van der Waals surface area contributed by atoms with Crippen molar-refractivity contribution in [3.05, 3.63) is 40.2 Å². The first-order valence-corrected chi connectivity index (χ1v) is 11.2. The number of amides is 1. The molecule has 4 rings (SSSR count). The number of aromatic nitrogens is 1.